The van der Waals surface area contributed by atoms with Crippen molar-refractivity contribution in [1.82, 2.24) is 25.3 Å². The molecule has 0 atom stereocenters. The molecule has 0 unspecified atom stereocenters. The van der Waals surface area contributed by atoms with Crippen LogP contribution in [-0.2, 0) is 26.1 Å². The van der Waals surface area contributed by atoms with Crippen molar-refractivity contribution < 1.29 is 4.79 Å². The highest BCUT2D eigenvalue weighted by Crippen LogP contribution is 2.14. The topological polar surface area (TPSA) is 62.2 Å². The van der Waals surface area contributed by atoms with Crippen LogP contribution in [0.25, 0.3) is 0 Å². The van der Waals surface area contributed by atoms with Gasteiger partial charge in [0.05, 0.1) is 24.5 Å². The Bertz CT molecular complexity index is 697. The second kappa shape index (κ2) is 9.38. The standard InChI is InChI=1S/C20H29N5O/c1-2-3-11-24-12-13-25-19(16-24)14-18(23-25)15-22-20(26)21-10-9-17-7-5-4-6-8-17/h4-8,14H,2-3,9-13,15-16H2,1H3,(H2,21,22,26). The van der Waals surface area contributed by atoms with Crippen molar-refractivity contribution in [2.45, 2.75) is 45.8 Å². The lowest BCUT2D eigenvalue weighted by atomic mass is 10.1. The number of rotatable bonds is 8. The minimum atomic E-state index is -0.142. The van der Waals surface area contributed by atoms with Gasteiger partial charge in [-0.1, -0.05) is 43.7 Å². The molecule has 0 bridgehead atoms. The molecule has 26 heavy (non-hydrogen) atoms. The molecule has 140 valence electrons. The molecule has 0 saturated carbocycles. The van der Waals surface area contributed by atoms with Crippen LogP contribution in [0.15, 0.2) is 36.4 Å². The Balaban J connectivity index is 1.40. The van der Waals surface area contributed by atoms with Gasteiger partial charge in [0.25, 0.3) is 0 Å². The minimum absolute atomic E-state index is 0.142. The molecule has 2 heterocycles. The molecule has 1 aliphatic heterocycles. The summed E-state index contributed by atoms with van der Waals surface area (Å²) in [5, 5.41) is 10.4. The van der Waals surface area contributed by atoms with Gasteiger partial charge >= 0.3 is 6.03 Å². The van der Waals surface area contributed by atoms with Gasteiger partial charge in [-0.25, -0.2) is 4.79 Å². The van der Waals surface area contributed by atoms with E-state index in [9.17, 15) is 4.79 Å². The van der Waals surface area contributed by atoms with Gasteiger partial charge in [-0.3, -0.25) is 9.58 Å². The number of aromatic nitrogens is 2. The van der Waals surface area contributed by atoms with Crippen LogP contribution in [0.5, 0.6) is 0 Å². The summed E-state index contributed by atoms with van der Waals surface area (Å²) >= 11 is 0. The van der Waals surface area contributed by atoms with Crippen molar-refractivity contribution in [2.24, 2.45) is 0 Å². The third-order valence-electron chi connectivity index (χ3n) is 4.73. The monoisotopic (exact) mass is 355 g/mol. The van der Waals surface area contributed by atoms with Crippen LogP contribution in [0.4, 0.5) is 4.79 Å². The van der Waals surface area contributed by atoms with Gasteiger partial charge in [0, 0.05) is 19.6 Å². The van der Waals surface area contributed by atoms with Crippen LogP contribution < -0.4 is 10.6 Å². The van der Waals surface area contributed by atoms with Gasteiger partial charge in [0.2, 0.25) is 0 Å². The molecule has 0 saturated heterocycles. The average Bonchev–Trinajstić information content (AvgIpc) is 3.08. The molecule has 1 aliphatic rings. The van der Waals surface area contributed by atoms with Gasteiger partial charge in [-0.15, -0.1) is 0 Å². The molecule has 2 N–H and O–H groups in total. The maximum absolute atomic E-state index is 12.0. The van der Waals surface area contributed by atoms with Crippen LogP contribution in [-0.4, -0.2) is 40.3 Å². The van der Waals surface area contributed by atoms with E-state index in [1.165, 1.54) is 24.1 Å². The van der Waals surface area contributed by atoms with E-state index in [0.717, 1.165) is 38.3 Å². The largest absolute Gasteiger partial charge is 0.338 e. The number of hydrogen-bond donors (Lipinski definition) is 2. The Labute approximate surface area is 155 Å². The lowest BCUT2D eigenvalue weighted by Gasteiger charge is -2.27. The van der Waals surface area contributed by atoms with Gasteiger partial charge in [0.15, 0.2) is 0 Å². The molecular formula is C20H29N5O. The first-order valence-corrected chi connectivity index (χ1v) is 9.58. The molecular weight excluding hydrogens is 326 g/mol. The van der Waals surface area contributed by atoms with Crippen molar-refractivity contribution in [2.75, 3.05) is 19.6 Å². The number of nitrogens with one attached hydrogen (secondary N) is 2. The van der Waals surface area contributed by atoms with E-state index in [1.54, 1.807) is 0 Å². The smallest absolute Gasteiger partial charge is 0.315 e. The third kappa shape index (κ3) is 5.33. The average molecular weight is 355 g/mol. The van der Waals surface area contributed by atoms with E-state index in [4.69, 9.17) is 0 Å². The van der Waals surface area contributed by atoms with Crippen LogP contribution in [0.3, 0.4) is 0 Å². The van der Waals surface area contributed by atoms with Gasteiger partial charge < -0.3 is 10.6 Å². The summed E-state index contributed by atoms with van der Waals surface area (Å²) in [6.45, 7) is 7.41. The van der Waals surface area contributed by atoms with E-state index >= 15 is 0 Å². The Hall–Kier alpha value is -2.34. The number of urea groups is 1. The molecule has 0 spiro atoms. The van der Waals surface area contributed by atoms with Gasteiger partial charge in [-0.05, 0) is 31.0 Å². The van der Waals surface area contributed by atoms with E-state index in [2.05, 4.69) is 50.4 Å². The number of fused-ring (bicyclic) bond motifs is 1. The van der Waals surface area contributed by atoms with Crippen molar-refractivity contribution in [3.05, 3.63) is 53.3 Å². The van der Waals surface area contributed by atoms with E-state index in [-0.39, 0.29) is 6.03 Å². The molecule has 2 amide bonds. The molecule has 1 aromatic heterocycles. The summed E-state index contributed by atoms with van der Waals surface area (Å²) in [6, 6.07) is 12.1. The van der Waals surface area contributed by atoms with E-state index < -0.39 is 0 Å². The number of carbonyl (C=O) groups is 1. The fraction of sp³-hybridized carbons (Fsp3) is 0.500. The number of unbranched alkanes of at least 4 members (excludes halogenated alkanes) is 1. The van der Waals surface area contributed by atoms with Gasteiger partial charge in [-0.2, -0.15) is 5.10 Å². The SMILES string of the molecule is CCCCN1CCn2nc(CNC(=O)NCCc3ccccc3)cc2C1. The lowest BCUT2D eigenvalue weighted by molar-refractivity contribution is 0.210. The second-order valence-electron chi connectivity index (χ2n) is 6.82. The van der Waals surface area contributed by atoms with Crippen LogP contribution >= 0.6 is 0 Å². The molecule has 6 heteroatoms. The third-order valence-corrected chi connectivity index (χ3v) is 4.73. The summed E-state index contributed by atoms with van der Waals surface area (Å²) in [6.07, 6.45) is 3.30. The lowest BCUT2D eigenvalue weighted by Crippen LogP contribution is -2.36. The molecule has 1 aromatic carbocycles. The van der Waals surface area contributed by atoms with Crippen molar-refractivity contribution >= 4 is 6.03 Å². The summed E-state index contributed by atoms with van der Waals surface area (Å²) in [5.74, 6) is 0. The Morgan fingerprint density at radius 1 is 1.19 bits per heavy atom. The maximum atomic E-state index is 12.0. The number of hydrogen-bond acceptors (Lipinski definition) is 3. The van der Waals surface area contributed by atoms with Gasteiger partial charge in [0.1, 0.15) is 0 Å². The summed E-state index contributed by atoms with van der Waals surface area (Å²) < 4.78 is 2.08. The maximum Gasteiger partial charge on any atom is 0.315 e. The molecule has 0 fully saturated rings. The normalized spacial score (nSPS) is 14.0. The summed E-state index contributed by atoms with van der Waals surface area (Å²) in [5.41, 5.74) is 3.39. The zero-order valence-electron chi connectivity index (χ0n) is 15.6. The zero-order chi connectivity index (χ0) is 18.2. The van der Waals surface area contributed by atoms with E-state index in [0.29, 0.717) is 13.1 Å². The molecule has 6 nitrogen and oxygen atoms in total. The van der Waals surface area contributed by atoms with Crippen molar-refractivity contribution in [3.63, 3.8) is 0 Å². The first kappa shape index (κ1) is 18.5. The predicted molar refractivity (Wildman–Crippen MR) is 103 cm³/mol. The highest BCUT2D eigenvalue weighted by Gasteiger charge is 2.17. The Morgan fingerprint density at radius 2 is 2.04 bits per heavy atom. The number of benzene rings is 1. The van der Waals surface area contributed by atoms with Crippen LogP contribution in [0.1, 0.15) is 36.7 Å². The molecule has 0 radical (unpaired) electrons. The highest BCUT2D eigenvalue weighted by atomic mass is 16.2. The molecule has 0 aliphatic carbocycles. The quantitative estimate of drug-likeness (QED) is 0.765. The Kier molecular flexibility index (Phi) is 6.66. The molecule has 3 rings (SSSR count). The highest BCUT2D eigenvalue weighted by molar-refractivity contribution is 5.73. The zero-order valence-corrected chi connectivity index (χ0v) is 15.6. The number of amides is 2. The number of nitrogens with zero attached hydrogens (tertiary/aromatic N) is 3. The first-order chi connectivity index (χ1) is 12.7. The predicted octanol–water partition coefficient (Wildman–Crippen LogP) is 2.54. The fourth-order valence-corrected chi connectivity index (χ4v) is 3.24. The number of carbonyl (C=O) groups excluding carboxylic acids is 1. The van der Waals surface area contributed by atoms with E-state index in [1.807, 2.05) is 18.2 Å². The molecule has 2 aromatic rings. The van der Waals surface area contributed by atoms with Crippen molar-refractivity contribution in [1.29, 1.82) is 0 Å². The Morgan fingerprint density at radius 3 is 2.85 bits per heavy atom. The fourth-order valence-electron chi connectivity index (χ4n) is 3.24. The van der Waals surface area contributed by atoms with Crippen LogP contribution in [0.2, 0.25) is 0 Å². The second-order valence-corrected chi connectivity index (χ2v) is 6.82. The van der Waals surface area contributed by atoms with Crippen LogP contribution in [0, 0.1) is 0 Å². The van der Waals surface area contributed by atoms with Crippen molar-refractivity contribution in [3.8, 4) is 0 Å². The minimum Gasteiger partial charge on any atom is -0.338 e. The summed E-state index contributed by atoms with van der Waals surface area (Å²) in [7, 11) is 0. The summed E-state index contributed by atoms with van der Waals surface area (Å²) in [4.78, 5) is 14.4. The first-order valence-electron chi connectivity index (χ1n) is 9.58.